The minimum absolute atomic E-state index is 0.0724. The van der Waals surface area contributed by atoms with E-state index in [1.54, 1.807) is 0 Å². The molecule has 0 saturated heterocycles. The van der Waals surface area contributed by atoms with Crippen molar-refractivity contribution in [3.63, 3.8) is 0 Å². The van der Waals surface area contributed by atoms with Gasteiger partial charge in [0.2, 0.25) is 0 Å². The lowest BCUT2D eigenvalue weighted by Crippen LogP contribution is -2.43. The molecule has 0 radical (unpaired) electrons. The lowest BCUT2D eigenvalue weighted by Gasteiger charge is -2.29. The van der Waals surface area contributed by atoms with Crippen molar-refractivity contribution in [2.45, 2.75) is 58.4 Å². The number of anilines is 1. The molecule has 110 valence electrons. The van der Waals surface area contributed by atoms with E-state index in [-0.39, 0.29) is 6.03 Å². The van der Waals surface area contributed by atoms with Crippen LogP contribution in [0.4, 0.5) is 10.5 Å². The first-order valence-electron chi connectivity index (χ1n) is 7.74. The van der Waals surface area contributed by atoms with Crippen LogP contribution in [-0.2, 0) is 0 Å². The van der Waals surface area contributed by atoms with Gasteiger partial charge in [0.1, 0.15) is 0 Å². The highest BCUT2D eigenvalue weighted by molar-refractivity contribution is 5.90. The van der Waals surface area contributed by atoms with Gasteiger partial charge in [0.05, 0.1) is 0 Å². The van der Waals surface area contributed by atoms with Crippen LogP contribution >= 0.6 is 0 Å². The fraction of sp³-hybridized carbons (Fsp3) is 0.588. The van der Waals surface area contributed by atoms with Gasteiger partial charge < -0.3 is 10.6 Å². The number of rotatable bonds is 3. The van der Waals surface area contributed by atoms with Gasteiger partial charge in [0, 0.05) is 11.7 Å². The number of amides is 2. The molecule has 1 aliphatic carbocycles. The molecule has 20 heavy (non-hydrogen) atoms. The van der Waals surface area contributed by atoms with Crippen molar-refractivity contribution in [3.05, 3.63) is 29.8 Å². The Balaban J connectivity index is 1.97. The first-order chi connectivity index (χ1) is 9.58. The summed E-state index contributed by atoms with van der Waals surface area (Å²) in [6.07, 6.45) is 4.82. The Morgan fingerprint density at radius 1 is 1.20 bits per heavy atom. The predicted molar refractivity (Wildman–Crippen MR) is 84.1 cm³/mol. The molecule has 1 fully saturated rings. The summed E-state index contributed by atoms with van der Waals surface area (Å²) in [5, 5.41) is 6.14. The van der Waals surface area contributed by atoms with Crippen molar-refractivity contribution >= 4 is 11.7 Å². The van der Waals surface area contributed by atoms with Gasteiger partial charge in [-0.05, 0) is 36.3 Å². The summed E-state index contributed by atoms with van der Waals surface area (Å²) in [6.45, 7) is 6.51. The second-order valence-corrected chi connectivity index (χ2v) is 6.21. The maximum Gasteiger partial charge on any atom is 0.319 e. The first-order valence-corrected chi connectivity index (χ1v) is 7.74. The fourth-order valence-electron chi connectivity index (χ4n) is 2.97. The Morgan fingerprint density at radius 3 is 2.60 bits per heavy atom. The van der Waals surface area contributed by atoms with Gasteiger partial charge in [-0.15, -0.1) is 0 Å². The van der Waals surface area contributed by atoms with E-state index in [4.69, 9.17) is 0 Å². The zero-order valence-electron chi connectivity index (χ0n) is 12.8. The number of para-hydroxylation sites is 1. The molecule has 1 aromatic rings. The quantitative estimate of drug-likeness (QED) is 0.836. The average molecular weight is 274 g/mol. The standard InChI is InChI=1S/C17H26N2O/c1-12(2)14-9-5-7-11-16(14)19-17(20)18-15-10-6-4-8-13(15)3/h5,7,9,11-13,15H,4,6,8,10H2,1-3H3,(H2,18,19,20). The highest BCUT2D eigenvalue weighted by Crippen LogP contribution is 2.25. The Labute approximate surface area is 122 Å². The van der Waals surface area contributed by atoms with Crippen LogP contribution in [0, 0.1) is 5.92 Å². The van der Waals surface area contributed by atoms with Gasteiger partial charge in [0.25, 0.3) is 0 Å². The molecular weight excluding hydrogens is 248 g/mol. The Hall–Kier alpha value is -1.51. The van der Waals surface area contributed by atoms with Crippen LogP contribution in [0.5, 0.6) is 0 Å². The lowest BCUT2D eigenvalue weighted by molar-refractivity contribution is 0.232. The smallest absolute Gasteiger partial charge is 0.319 e. The van der Waals surface area contributed by atoms with E-state index in [2.05, 4.69) is 37.5 Å². The van der Waals surface area contributed by atoms with Crippen LogP contribution < -0.4 is 10.6 Å². The number of carbonyl (C=O) groups excluding carboxylic acids is 1. The zero-order chi connectivity index (χ0) is 14.5. The molecule has 0 aliphatic heterocycles. The maximum absolute atomic E-state index is 12.2. The van der Waals surface area contributed by atoms with Crippen LogP contribution in [0.15, 0.2) is 24.3 Å². The third-order valence-corrected chi connectivity index (χ3v) is 4.26. The second kappa shape index (κ2) is 6.78. The third-order valence-electron chi connectivity index (χ3n) is 4.26. The average Bonchev–Trinajstić information content (AvgIpc) is 2.41. The highest BCUT2D eigenvalue weighted by Gasteiger charge is 2.23. The Bertz CT molecular complexity index is 456. The Kier molecular flexibility index (Phi) is 5.05. The van der Waals surface area contributed by atoms with Gasteiger partial charge in [-0.25, -0.2) is 4.79 Å². The molecule has 3 nitrogen and oxygen atoms in total. The predicted octanol–water partition coefficient (Wildman–Crippen LogP) is 4.51. The van der Waals surface area contributed by atoms with Gasteiger partial charge in [-0.3, -0.25) is 0 Å². The number of urea groups is 1. The number of hydrogen-bond donors (Lipinski definition) is 2. The van der Waals surface area contributed by atoms with Crippen molar-refractivity contribution in [1.29, 1.82) is 0 Å². The molecule has 1 aliphatic rings. The second-order valence-electron chi connectivity index (χ2n) is 6.21. The minimum Gasteiger partial charge on any atom is -0.335 e. The molecule has 0 heterocycles. The van der Waals surface area contributed by atoms with E-state index in [1.165, 1.54) is 24.8 Å². The Morgan fingerprint density at radius 2 is 1.90 bits per heavy atom. The van der Waals surface area contributed by atoms with E-state index in [0.717, 1.165) is 12.1 Å². The number of hydrogen-bond acceptors (Lipinski definition) is 1. The van der Waals surface area contributed by atoms with E-state index in [9.17, 15) is 4.79 Å². The molecule has 2 atom stereocenters. The summed E-state index contributed by atoms with van der Waals surface area (Å²) in [4.78, 5) is 12.2. The monoisotopic (exact) mass is 274 g/mol. The molecule has 2 amide bonds. The summed E-state index contributed by atoms with van der Waals surface area (Å²) in [5.41, 5.74) is 2.10. The molecule has 2 N–H and O–H groups in total. The van der Waals surface area contributed by atoms with Crippen LogP contribution in [0.1, 0.15) is 57.9 Å². The number of carbonyl (C=O) groups is 1. The minimum atomic E-state index is -0.0724. The molecule has 2 unspecified atom stereocenters. The van der Waals surface area contributed by atoms with Crippen molar-refractivity contribution in [2.75, 3.05) is 5.32 Å². The van der Waals surface area contributed by atoms with Gasteiger partial charge in [-0.1, -0.05) is 51.8 Å². The normalized spacial score (nSPS) is 22.6. The lowest BCUT2D eigenvalue weighted by atomic mass is 9.86. The SMILES string of the molecule is CC(C)c1ccccc1NC(=O)NC1CCCCC1C. The van der Waals surface area contributed by atoms with Crippen molar-refractivity contribution in [2.24, 2.45) is 5.92 Å². The van der Waals surface area contributed by atoms with Crippen LogP contribution in [-0.4, -0.2) is 12.1 Å². The molecule has 3 heteroatoms. The van der Waals surface area contributed by atoms with E-state index >= 15 is 0 Å². The molecular formula is C17H26N2O. The van der Waals surface area contributed by atoms with Gasteiger partial charge in [0.15, 0.2) is 0 Å². The molecule has 1 aromatic carbocycles. The third kappa shape index (κ3) is 3.75. The fourth-order valence-corrected chi connectivity index (χ4v) is 2.97. The first kappa shape index (κ1) is 14.9. The summed E-state index contributed by atoms with van der Waals surface area (Å²) in [7, 11) is 0. The van der Waals surface area contributed by atoms with Crippen LogP contribution in [0.3, 0.4) is 0 Å². The van der Waals surface area contributed by atoms with Gasteiger partial charge in [-0.2, -0.15) is 0 Å². The van der Waals surface area contributed by atoms with Gasteiger partial charge >= 0.3 is 6.03 Å². The van der Waals surface area contributed by atoms with Crippen LogP contribution in [0.2, 0.25) is 0 Å². The molecule has 0 aromatic heterocycles. The summed E-state index contributed by atoms with van der Waals surface area (Å²) in [5.74, 6) is 0.981. The van der Waals surface area contributed by atoms with E-state index in [1.807, 2.05) is 18.2 Å². The highest BCUT2D eigenvalue weighted by atomic mass is 16.2. The number of nitrogens with one attached hydrogen (secondary N) is 2. The molecule has 0 bridgehead atoms. The number of benzene rings is 1. The van der Waals surface area contributed by atoms with Crippen molar-refractivity contribution in [1.82, 2.24) is 5.32 Å². The summed E-state index contributed by atoms with van der Waals surface area (Å²) >= 11 is 0. The molecule has 2 rings (SSSR count). The van der Waals surface area contributed by atoms with Crippen molar-refractivity contribution in [3.8, 4) is 0 Å². The molecule has 0 spiro atoms. The maximum atomic E-state index is 12.2. The van der Waals surface area contributed by atoms with Crippen LogP contribution in [0.25, 0.3) is 0 Å². The molecule has 1 saturated carbocycles. The summed E-state index contributed by atoms with van der Waals surface area (Å²) < 4.78 is 0. The van der Waals surface area contributed by atoms with E-state index < -0.39 is 0 Å². The topological polar surface area (TPSA) is 41.1 Å². The zero-order valence-corrected chi connectivity index (χ0v) is 12.8. The van der Waals surface area contributed by atoms with Crippen molar-refractivity contribution < 1.29 is 4.79 Å². The largest absolute Gasteiger partial charge is 0.335 e. The van der Waals surface area contributed by atoms with E-state index in [0.29, 0.717) is 17.9 Å². The summed E-state index contributed by atoms with van der Waals surface area (Å²) in [6, 6.07) is 8.27.